The average molecular weight is 367 g/mol. The molecule has 1 heterocycles. The molecule has 0 spiro atoms. The van der Waals surface area contributed by atoms with Gasteiger partial charge >= 0.3 is 0 Å². The second kappa shape index (κ2) is 5.93. The number of nitrogens with zero attached hydrogens (tertiary/aromatic N) is 3. The Labute approximate surface area is 138 Å². The molecule has 3 nitrogen and oxygen atoms in total. The van der Waals surface area contributed by atoms with Gasteiger partial charge in [0.1, 0.15) is 16.8 Å². The van der Waals surface area contributed by atoms with Gasteiger partial charge in [-0.05, 0) is 31.4 Å². The zero-order valence-electron chi connectivity index (χ0n) is 12.1. The number of anilines is 1. The number of halogens is 2. The summed E-state index contributed by atoms with van der Waals surface area (Å²) in [7, 11) is 2.04. The van der Waals surface area contributed by atoms with E-state index in [4.69, 9.17) is 16.6 Å². The molecule has 0 N–H and O–H groups in total. The summed E-state index contributed by atoms with van der Waals surface area (Å²) in [6.07, 6.45) is 2.35. The molecule has 0 amide bonds. The quantitative estimate of drug-likeness (QED) is 0.733. The third kappa shape index (κ3) is 3.22. The van der Waals surface area contributed by atoms with E-state index in [1.54, 1.807) is 0 Å². The minimum Gasteiger partial charge on any atom is -0.355 e. The van der Waals surface area contributed by atoms with Crippen LogP contribution in [0.15, 0.2) is 28.7 Å². The molecule has 21 heavy (non-hydrogen) atoms. The molecule has 1 aliphatic rings. The Morgan fingerprint density at radius 3 is 2.67 bits per heavy atom. The van der Waals surface area contributed by atoms with Crippen molar-refractivity contribution in [2.75, 3.05) is 11.9 Å². The molecule has 3 rings (SSSR count). The van der Waals surface area contributed by atoms with Crippen molar-refractivity contribution < 1.29 is 0 Å². The van der Waals surface area contributed by atoms with Crippen LogP contribution in [0.1, 0.15) is 35.7 Å². The predicted octanol–water partition coefficient (Wildman–Crippen LogP) is 4.71. The highest BCUT2D eigenvalue weighted by Crippen LogP contribution is 2.40. The summed E-state index contributed by atoms with van der Waals surface area (Å²) in [5.41, 5.74) is 2.16. The lowest BCUT2D eigenvalue weighted by molar-refractivity contribution is 0.843. The number of aromatic nitrogens is 2. The van der Waals surface area contributed by atoms with Gasteiger partial charge < -0.3 is 4.90 Å². The first-order valence-electron chi connectivity index (χ1n) is 7.05. The predicted molar refractivity (Wildman–Crippen MR) is 90.0 cm³/mol. The molecule has 0 aliphatic heterocycles. The van der Waals surface area contributed by atoms with Gasteiger partial charge in [0.25, 0.3) is 0 Å². The van der Waals surface area contributed by atoms with Gasteiger partial charge in [-0.2, -0.15) is 0 Å². The zero-order chi connectivity index (χ0) is 15.0. The Bertz CT molecular complexity index is 671. The highest BCUT2D eigenvalue weighted by molar-refractivity contribution is 9.10. The van der Waals surface area contributed by atoms with Crippen LogP contribution in [-0.2, 0) is 6.54 Å². The summed E-state index contributed by atoms with van der Waals surface area (Å²) in [4.78, 5) is 11.3. The third-order valence-electron chi connectivity index (χ3n) is 3.75. The monoisotopic (exact) mass is 365 g/mol. The van der Waals surface area contributed by atoms with Crippen molar-refractivity contribution in [2.45, 2.75) is 32.2 Å². The summed E-state index contributed by atoms with van der Waals surface area (Å²) in [6, 6.07) is 8.23. The van der Waals surface area contributed by atoms with Gasteiger partial charge in [0.2, 0.25) is 0 Å². The van der Waals surface area contributed by atoms with Crippen molar-refractivity contribution in [2.24, 2.45) is 0 Å². The molecule has 0 unspecified atom stereocenters. The van der Waals surface area contributed by atoms with Crippen LogP contribution in [0.3, 0.4) is 0 Å². The maximum atomic E-state index is 6.28. The maximum Gasteiger partial charge on any atom is 0.137 e. The first-order chi connectivity index (χ1) is 10.1. The van der Waals surface area contributed by atoms with Crippen LogP contribution in [0.5, 0.6) is 0 Å². The molecule has 5 heteroatoms. The minimum absolute atomic E-state index is 0.499. The van der Waals surface area contributed by atoms with Gasteiger partial charge in [-0.3, -0.25) is 0 Å². The van der Waals surface area contributed by atoms with Crippen molar-refractivity contribution in [1.82, 2.24) is 9.97 Å². The number of hydrogen-bond acceptors (Lipinski definition) is 3. The topological polar surface area (TPSA) is 29.0 Å². The summed E-state index contributed by atoms with van der Waals surface area (Å²) in [6.45, 7) is 2.75. The highest BCUT2D eigenvalue weighted by Gasteiger charge is 2.28. The van der Waals surface area contributed by atoms with Crippen molar-refractivity contribution in [3.8, 4) is 0 Å². The first kappa shape index (κ1) is 14.8. The molecule has 1 fully saturated rings. The molecule has 0 saturated heterocycles. The number of hydrogen-bond donors (Lipinski definition) is 0. The lowest BCUT2D eigenvalue weighted by Crippen LogP contribution is -2.20. The Morgan fingerprint density at radius 2 is 2.00 bits per heavy atom. The first-order valence-corrected chi connectivity index (χ1v) is 8.22. The Balaban J connectivity index is 1.90. The summed E-state index contributed by atoms with van der Waals surface area (Å²) < 4.78 is 1.11. The molecule has 1 aromatic carbocycles. The Hall–Kier alpha value is -1.13. The smallest absolute Gasteiger partial charge is 0.137 e. The summed E-state index contributed by atoms with van der Waals surface area (Å²) in [5.74, 6) is 2.31. The minimum atomic E-state index is 0.499. The van der Waals surface area contributed by atoms with Crippen LogP contribution in [0.2, 0.25) is 5.15 Å². The van der Waals surface area contributed by atoms with Crippen LogP contribution in [0.25, 0.3) is 0 Å². The van der Waals surface area contributed by atoms with Crippen molar-refractivity contribution in [3.05, 3.63) is 50.8 Å². The molecule has 110 valence electrons. The van der Waals surface area contributed by atoms with Gasteiger partial charge in [-0.1, -0.05) is 45.7 Å². The van der Waals surface area contributed by atoms with Crippen molar-refractivity contribution >= 4 is 33.3 Å². The lowest BCUT2D eigenvalue weighted by Gasteiger charge is -2.22. The highest BCUT2D eigenvalue weighted by atomic mass is 79.9. The van der Waals surface area contributed by atoms with Gasteiger partial charge in [0, 0.05) is 29.5 Å². The average Bonchev–Trinajstić information content (AvgIpc) is 3.28. The normalized spacial score (nSPS) is 14.3. The molecular formula is C16H17BrClN3. The van der Waals surface area contributed by atoms with E-state index in [1.165, 1.54) is 18.4 Å². The SMILES string of the molecule is Cc1c(Cl)nc(C2CC2)nc1N(C)Cc1ccccc1Br. The third-order valence-corrected chi connectivity index (χ3v) is 4.89. The second-order valence-corrected chi connectivity index (χ2v) is 6.76. The molecule has 0 radical (unpaired) electrons. The van der Waals surface area contributed by atoms with E-state index < -0.39 is 0 Å². The van der Waals surface area contributed by atoms with Gasteiger partial charge in [0.05, 0.1) is 0 Å². The van der Waals surface area contributed by atoms with Crippen LogP contribution in [0, 0.1) is 6.92 Å². The molecule has 1 aliphatic carbocycles. The van der Waals surface area contributed by atoms with Crippen LogP contribution in [0.4, 0.5) is 5.82 Å². The standard InChI is InChI=1S/C16H17BrClN3/c1-10-14(18)19-15(11-7-8-11)20-16(10)21(2)9-12-5-3-4-6-13(12)17/h3-6,11H,7-9H2,1-2H3. The zero-order valence-corrected chi connectivity index (χ0v) is 14.4. The van der Waals surface area contributed by atoms with Crippen LogP contribution in [-0.4, -0.2) is 17.0 Å². The number of benzene rings is 1. The molecule has 0 atom stereocenters. The Kier molecular flexibility index (Phi) is 4.18. The van der Waals surface area contributed by atoms with Gasteiger partial charge in [-0.25, -0.2) is 9.97 Å². The molecule has 1 aromatic heterocycles. The van der Waals surface area contributed by atoms with Crippen molar-refractivity contribution in [1.29, 1.82) is 0 Å². The van der Waals surface area contributed by atoms with E-state index in [1.807, 2.05) is 26.1 Å². The summed E-state index contributed by atoms with van der Waals surface area (Å²) >= 11 is 9.87. The maximum absolute atomic E-state index is 6.28. The molecule has 1 saturated carbocycles. The van der Waals surface area contributed by atoms with E-state index in [-0.39, 0.29) is 0 Å². The van der Waals surface area contributed by atoms with Gasteiger partial charge in [-0.15, -0.1) is 0 Å². The molecule has 2 aromatic rings. The number of rotatable bonds is 4. The summed E-state index contributed by atoms with van der Waals surface area (Å²) in [5, 5.41) is 0.570. The molecular weight excluding hydrogens is 350 g/mol. The van der Waals surface area contributed by atoms with E-state index >= 15 is 0 Å². The largest absolute Gasteiger partial charge is 0.355 e. The van der Waals surface area contributed by atoms with E-state index in [9.17, 15) is 0 Å². The van der Waals surface area contributed by atoms with Crippen LogP contribution >= 0.6 is 27.5 Å². The van der Waals surface area contributed by atoms with E-state index in [0.29, 0.717) is 11.1 Å². The van der Waals surface area contributed by atoms with Gasteiger partial charge in [0.15, 0.2) is 0 Å². The second-order valence-electron chi connectivity index (χ2n) is 5.54. The van der Waals surface area contributed by atoms with Crippen molar-refractivity contribution in [3.63, 3.8) is 0 Å². The van der Waals surface area contributed by atoms with E-state index in [2.05, 4.69) is 37.9 Å². The fourth-order valence-electron chi connectivity index (χ4n) is 2.35. The molecule has 0 bridgehead atoms. The van der Waals surface area contributed by atoms with E-state index in [0.717, 1.165) is 28.2 Å². The fraction of sp³-hybridized carbons (Fsp3) is 0.375. The lowest BCUT2D eigenvalue weighted by atomic mass is 10.2. The fourth-order valence-corrected chi connectivity index (χ4v) is 2.93. The van der Waals surface area contributed by atoms with Crippen LogP contribution < -0.4 is 4.90 Å². The Morgan fingerprint density at radius 1 is 1.29 bits per heavy atom.